The Bertz CT molecular complexity index is 227. The molecule has 0 amide bonds. The lowest BCUT2D eigenvalue weighted by Crippen LogP contribution is -2.49. The molecule has 0 aromatic rings. The molecule has 6 heteroatoms. The Kier molecular flexibility index (Phi) is 4.28. The zero-order valence-corrected chi connectivity index (χ0v) is 9.70. The third kappa shape index (κ3) is 3.13. The van der Waals surface area contributed by atoms with Crippen LogP contribution in [0, 0.1) is 0 Å². The van der Waals surface area contributed by atoms with E-state index in [-0.39, 0.29) is 6.61 Å². The first-order valence-corrected chi connectivity index (χ1v) is 5.28. The molecule has 0 bridgehead atoms. The van der Waals surface area contributed by atoms with Gasteiger partial charge < -0.3 is 29.9 Å². The molecule has 1 heterocycles. The minimum absolute atomic E-state index is 0.137. The highest BCUT2D eigenvalue weighted by atomic mass is 16.7. The van der Waals surface area contributed by atoms with E-state index >= 15 is 0 Å². The minimum Gasteiger partial charge on any atom is -0.391 e. The Morgan fingerprint density at radius 2 is 1.69 bits per heavy atom. The molecule has 0 aliphatic carbocycles. The lowest BCUT2D eigenvalue weighted by Gasteiger charge is -2.28. The molecular formula is C10H20O6. The van der Waals surface area contributed by atoms with E-state index in [1.54, 1.807) is 13.8 Å². The highest BCUT2D eigenvalue weighted by Crippen LogP contribution is 2.26. The van der Waals surface area contributed by atoms with Gasteiger partial charge in [-0.15, -0.1) is 0 Å². The van der Waals surface area contributed by atoms with Gasteiger partial charge in [0.05, 0.1) is 12.7 Å². The van der Waals surface area contributed by atoms with Crippen LogP contribution in [-0.2, 0) is 9.47 Å². The van der Waals surface area contributed by atoms with Crippen LogP contribution >= 0.6 is 0 Å². The quantitative estimate of drug-likeness (QED) is 0.479. The van der Waals surface area contributed by atoms with Crippen molar-refractivity contribution in [2.45, 2.75) is 57.1 Å². The molecule has 1 saturated heterocycles. The second kappa shape index (κ2) is 4.95. The Morgan fingerprint density at radius 1 is 1.12 bits per heavy atom. The molecule has 0 aromatic carbocycles. The van der Waals surface area contributed by atoms with E-state index in [0.717, 1.165) is 0 Å². The average Bonchev–Trinajstić information content (AvgIpc) is 2.55. The van der Waals surface area contributed by atoms with Crippen LogP contribution in [0.4, 0.5) is 0 Å². The fourth-order valence-electron chi connectivity index (χ4n) is 1.59. The molecule has 0 radical (unpaired) electrons. The molecular weight excluding hydrogens is 216 g/mol. The van der Waals surface area contributed by atoms with E-state index in [4.69, 9.17) is 14.6 Å². The number of aliphatic hydroxyl groups is 4. The topological polar surface area (TPSA) is 99.4 Å². The molecule has 1 aliphatic rings. The van der Waals surface area contributed by atoms with Gasteiger partial charge in [0.1, 0.15) is 24.4 Å². The van der Waals surface area contributed by atoms with Crippen molar-refractivity contribution in [2.75, 3.05) is 6.61 Å². The van der Waals surface area contributed by atoms with Gasteiger partial charge in [-0.25, -0.2) is 0 Å². The largest absolute Gasteiger partial charge is 0.391 e. The fourth-order valence-corrected chi connectivity index (χ4v) is 1.59. The zero-order chi connectivity index (χ0) is 12.5. The van der Waals surface area contributed by atoms with Crippen molar-refractivity contribution in [3.8, 4) is 0 Å². The van der Waals surface area contributed by atoms with Gasteiger partial charge in [-0.3, -0.25) is 0 Å². The summed E-state index contributed by atoms with van der Waals surface area (Å²) in [5.41, 5.74) is 0. The van der Waals surface area contributed by atoms with Crippen LogP contribution < -0.4 is 0 Å². The van der Waals surface area contributed by atoms with Crippen LogP contribution in [-0.4, -0.2) is 63.3 Å². The molecule has 0 spiro atoms. The summed E-state index contributed by atoms with van der Waals surface area (Å²) in [6, 6.07) is 0. The summed E-state index contributed by atoms with van der Waals surface area (Å²) in [6.45, 7) is 4.85. The Hall–Kier alpha value is -0.240. The van der Waals surface area contributed by atoms with Gasteiger partial charge >= 0.3 is 0 Å². The first kappa shape index (κ1) is 13.8. The van der Waals surface area contributed by atoms with Gasteiger partial charge in [-0.2, -0.15) is 0 Å². The summed E-state index contributed by atoms with van der Waals surface area (Å²) in [4.78, 5) is 0. The van der Waals surface area contributed by atoms with Crippen molar-refractivity contribution in [1.29, 1.82) is 0 Å². The smallest absolute Gasteiger partial charge is 0.163 e. The molecule has 4 N–H and O–H groups in total. The third-order valence-electron chi connectivity index (χ3n) is 2.61. The fraction of sp³-hybridized carbons (Fsp3) is 1.00. The van der Waals surface area contributed by atoms with Gasteiger partial charge in [0.2, 0.25) is 0 Å². The monoisotopic (exact) mass is 236 g/mol. The average molecular weight is 236 g/mol. The van der Waals surface area contributed by atoms with E-state index in [0.29, 0.717) is 0 Å². The van der Waals surface area contributed by atoms with Crippen molar-refractivity contribution >= 4 is 0 Å². The zero-order valence-electron chi connectivity index (χ0n) is 9.70. The number of rotatable bonds is 4. The third-order valence-corrected chi connectivity index (χ3v) is 2.61. The normalized spacial score (nSPS) is 32.1. The number of aliphatic hydroxyl groups excluding tert-OH is 4. The van der Waals surface area contributed by atoms with Crippen molar-refractivity contribution in [3.05, 3.63) is 0 Å². The van der Waals surface area contributed by atoms with Crippen LogP contribution in [0.3, 0.4) is 0 Å². The van der Waals surface area contributed by atoms with Crippen molar-refractivity contribution < 1.29 is 29.9 Å². The summed E-state index contributed by atoms with van der Waals surface area (Å²) < 4.78 is 10.6. The predicted molar refractivity (Wildman–Crippen MR) is 54.6 cm³/mol. The maximum absolute atomic E-state index is 9.74. The van der Waals surface area contributed by atoms with E-state index < -0.39 is 36.3 Å². The van der Waals surface area contributed by atoms with Crippen LogP contribution in [0.2, 0.25) is 0 Å². The molecule has 1 aliphatic heterocycles. The first-order valence-electron chi connectivity index (χ1n) is 5.28. The SMILES string of the molecule is C[C@H](O)[C@H](O)[C@@H](O)[C@H](O)[C@H]1COC(C)(C)O1. The molecule has 96 valence electrons. The number of hydrogen-bond donors (Lipinski definition) is 4. The molecule has 16 heavy (non-hydrogen) atoms. The molecule has 6 nitrogen and oxygen atoms in total. The van der Waals surface area contributed by atoms with Gasteiger partial charge in [0, 0.05) is 0 Å². The van der Waals surface area contributed by atoms with E-state index in [1.807, 2.05) is 0 Å². The maximum atomic E-state index is 9.74. The highest BCUT2D eigenvalue weighted by molar-refractivity contribution is 4.87. The number of hydrogen-bond acceptors (Lipinski definition) is 6. The molecule has 5 atom stereocenters. The van der Waals surface area contributed by atoms with Gasteiger partial charge in [-0.05, 0) is 20.8 Å². The molecule has 0 aromatic heterocycles. The van der Waals surface area contributed by atoms with Gasteiger partial charge in [0.15, 0.2) is 5.79 Å². The summed E-state index contributed by atoms with van der Waals surface area (Å²) in [5.74, 6) is -0.804. The maximum Gasteiger partial charge on any atom is 0.163 e. The van der Waals surface area contributed by atoms with E-state index in [2.05, 4.69) is 0 Å². The lowest BCUT2D eigenvalue weighted by atomic mass is 10.0. The van der Waals surface area contributed by atoms with Crippen LogP contribution in [0.15, 0.2) is 0 Å². The molecule has 0 saturated carbocycles. The van der Waals surface area contributed by atoms with E-state index in [9.17, 15) is 15.3 Å². The highest BCUT2D eigenvalue weighted by Gasteiger charge is 2.41. The second-order valence-electron chi connectivity index (χ2n) is 4.58. The Morgan fingerprint density at radius 3 is 2.06 bits per heavy atom. The van der Waals surface area contributed by atoms with Gasteiger partial charge in [0.25, 0.3) is 0 Å². The summed E-state index contributed by atoms with van der Waals surface area (Å²) in [7, 11) is 0. The lowest BCUT2D eigenvalue weighted by molar-refractivity contribution is -0.174. The molecule has 0 unspecified atom stereocenters. The van der Waals surface area contributed by atoms with Crippen molar-refractivity contribution in [2.24, 2.45) is 0 Å². The summed E-state index contributed by atoms with van der Waals surface area (Å²) in [6.07, 6.45) is -6.02. The van der Waals surface area contributed by atoms with Crippen LogP contribution in [0.1, 0.15) is 20.8 Å². The minimum atomic E-state index is -1.47. The molecule has 1 fully saturated rings. The summed E-state index contributed by atoms with van der Waals surface area (Å²) in [5, 5.41) is 37.8. The second-order valence-corrected chi connectivity index (χ2v) is 4.58. The van der Waals surface area contributed by atoms with Crippen LogP contribution in [0.5, 0.6) is 0 Å². The Balaban J connectivity index is 2.55. The van der Waals surface area contributed by atoms with Gasteiger partial charge in [-0.1, -0.05) is 0 Å². The predicted octanol–water partition coefficient (Wildman–Crippen LogP) is -1.40. The number of ether oxygens (including phenoxy) is 2. The van der Waals surface area contributed by atoms with Crippen molar-refractivity contribution in [1.82, 2.24) is 0 Å². The Labute approximate surface area is 94.4 Å². The summed E-state index contributed by atoms with van der Waals surface area (Å²) >= 11 is 0. The van der Waals surface area contributed by atoms with E-state index in [1.165, 1.54) is 6.92 Å². The van der Waals surface area contributed by atoms with Crippen molar-refractivity contribution in [3.63, 3.8) is 0 Å². The standard InChI is InChI=1S/C10H20O6/c1-5(11)7(12)9(14)8(13)6-4-15-10(2,3)16-6/h5-9,11-14H,4H2,1-3H3/t5-,6+,7-,8+,9+/m0/s1. The molecule has 1 rings (SSSR count). The first-order chi connectivity index (χ1) is 7.24. The van der Waals surface area contributed by atoms with Crippen LogP contribution in [0.25, 0.3) is 0 Å².